The topological polar surface area (TPSA) is 69.7 Å². The molecule has 6 nitrogen and oxygen atoms in total. The maximum Gasteiger partial charge on any atom is 0.246 e. The molecule has 6 heteroatoms. The Kier molecular flexibility index (Phi) is 6.19. The highest BCUT2D eigenvalue weighted by atomic mass is 16.2. The first kappa shape index (κ1) is 17.5. The first-order valence-electron chi connectivity index (χ1n) is 8.47. The van der Waals surface area contributed by atoms with E-state index in [1.54, 1.807) is 7.05 Å². The van der Waals surface area contributed by atoms with Crippen molar-refractivity contribution in [1.82, 2.24) is 15.1 Å². The Morgan fingerprint density at radius 1 is 1.30 bits per heavy atom. The highest BCUT2D eigenvalue weighted by Gasteiger charge is 2.30. The zero-order valence-electron chi connectivity index (χ0n) is 13.9. The summed E-state index contributed by atoms with van der Waals surface area (Å²) in [4.78, 5) is 38.7. The van der Waals surface area contributed by atoms with Crippen LogP contribution in [-0.4, -0.2) is 59.7 Å². The van der Waals surface area contributed by atoms with E-state index >= 15 is 0 Å². The summed E-state index contributed by atoms with van der Waals surface area (Å²) in [6, 6.07) is 0.479. The van der Waals surface area contributed by atoms with Crippen molar-refractivity contribution >= 4 is 17.7 Å². The molecule has 0 atom stereocenters. The van der Waals surface area contributed by atoms with Crippen molar-refractivity contribution in [2.45, 2.75) is 57.0 Å². The predicted molar refractivity (Wildman–Crippen MR) is 87.6 cm³/mol. The molecule has 2 aliphatic rings. The fourth-order valence-electron chi connectivity index (χ4n) is 3.47. The molecular formula is C17H27N3O3. The van der Waals surface area contributed by atoms with E-state index < -0.39 is 0 Å². The Labute approximate surface area is 137 Å². The lowest BCUT2D eigenvalue weighted by molar-refractivity contribution is -0.136. The van der Waals surface area contributed by atoms with Gasteiger partial charge in [-0.2, -0.15) is 0 Å². The number of piperidine rings is 1. The fourth-order valence-corrected chi connectivity index (χ4v) is 3.47. The number of hydrogen-bond donors (Lipinski definition) is 1. The minimum atomic E-state index is -0.257. The standard InChI is InChI=1S/C17H27N3O3/c1-3-16(22)19(2)12-15(21)18-13-7-9-14(10-8-13)20-11-5-4-6-17(20)23/h3,13-14H,1,4-12H2,2H3,(H,18,21). The first-order valence-corrected chi connectivity index (χ1v) is 8.47. The molecule has 0 unspecified atom stereocenters. The molecular weight excluding hydrogens is 294 g/mol. The maximum absolute atomic E-state index is 12.0. The number of likely N-dealkylation sites (N-methyl/N-ethyl adjacent to an activating group) is 1. The summed E-state index contributed by atoms with van der Waals surface area (Å²) in [5.74, 6) is -0.110. The summed E-state index contributed by atoms with van der Waals surface area (Å²) in [7, 11) is 1.59. The molecule has 0 aromatic carbocycles. The average molecular weight is 321 g/mol. The Balaban J connectivity index is 1.74. The second kappa shape index (κ2) is 8.13. The maximum atomic E-state index is 12.0. The lowest BCUT2D eigenvalue weighted by Crippen LogP contribution is -2.49. The third kappa shape index (κ3) is 4.81. The molecule has 2 rings (SSSR count). The number of rotatable bonds is 5. The molecule has 1 N–H and O–H groups in total. The molecule has 2 fully saturated rings. The van der Waals surface area contributed by atoms with Crippen LogP contribution in [0.5, 0.6) is 0 Å². The van der Waals surface area contributed by atoms with E-state index in [4.69, 9.17) is 0 Å². The number of hydrogen-bond acceptors (Lipinski definition) is 3. The van der Waals surface area contributed by atoms with Gasteiger partial charge in [-0.25, -0.2) is 0 Å². The third-order valence-corrected chi connectivity index (χ3v) is 4.79. The second-order valence-electron chi connectivity index (χ2n) is 6.52. The molecule has 0 radical (unpaired) electrons. The molecule has 0 aromatic rings. The van der Waals surface area contributed by atoms with Gasteiger partial charge in [0, 0.05) is 32.1 Å². The van der Waals surface area contributed by atoms with Crippen molar-refractivity contribution in [3.8, 4) is 0 Å². The van der Waals surface area contributed by atoms with Gasteiger partial charge < -0.3 is 15.1 Å². The van der Waals surface area contributed by atoms with Gasteiger partial charge in [0.1, 0.15) is 0 Å². The molecule has 1 heterocycles. The molecule has 1 aliphatic carbocycles. The zero-order chi connectivity index (χ0) is 16.8. The van der Waals surface area contributed by atoms with Crippen LogP contribution in [0.4, 0.5) is 0 Å². The van der Waals surface area contributed by atoms with Crippen LogP contribution < -0.4 is 5.32 Å². The van der Waals surface area contributed by atoms with Crippen LogP contribution in [-0.2, 0) is 14.4 Å². The fraction of sp³-hybridized carbons (Fsp3) is 0.706. The van der Waals surface area contributed by atoms with E-state index in [-0.39, 0.29) is 30.3 Å². The lowest BCUT2D eigenvalue weighted by atomic mass is 9.89. The number of nitrogens with zero attached hydrogens (tertiary/aromatic N) is 2. The minimum absolute atomic E-state index is 0.0510. The van der Waals surface area contributed by atoms with Crippen molar-refractivity contribution < 1.29 is 14.4 Å². The molecule has 0 bridgehead atoms. The highest BCUT2D eigenvalue weighted by Crippen LogP contribution is 2.26. The van der Waals surface area contributed by atoms with Gasteiger partial charge in [0.05, 0.1) is 6.54 Å². The van der Waals surface area contributed by atoms with Crippen LogP contribution >= 0.6 is 0 Å². The van der Waals surface area contributed by atoms with Gasteiger partial charge in [-0.15, -0.1) is 0 Å². The summed E-state index contributed by atoms with van der Waals surface area (Å²) in [6.07, 6.45) is 7.66. The van der Waals surface area contributed by atoms with E-state index in [0.717, 1.165) is 45.1 Å². The molecule has 128 valence electrons. The molecule has 0 aromatic heterocycles. The molecule has 3 amide bonds. The number of amides is 3. The van der Waals surface area contributed by atoms with Crippen LogP contribution in [0.2, 0.25) is 0 Å². The molecule has 1 aliphatic heterocycles. The van der Waals surface area contributed by atoms with Gasteiger partial charge >= 0.3 is 0 Å². The smallest absolute Gasteiger partial charge is 0.246 e. The van der Waals surface area contributed by atoms with Crippen LogP contribution in [0.3, 0.4) is 0 Å². The van der Waals surface area contributed by atoms with Crippen molar-refractivity contribution in [3.63, 3.8) is 0 Å². The van der Waals surface area contributed by atoms with Crippen LogP contribution in [0.1, 0.15) is 44.9 Å². The van der Waals surface area contributed by atoms with E-state index in [9.17, 15) is 14.4 Å². The minimum Gasteiger partial charge on any atom is -0.352 e. The van der Waals surface area contributed by atoms with E-state index in [1.165, 1.54) is 11.0 Å². The number of nitrogens with one attached hydrogen (secondary N) is 1. The van der Waals surface area contributed by atoms with Crippen molar-refractivity contribution in [3.05, 3.63) is 12.7 Å². The van der Waals surface area contributed by atoms with Gasteiger partial charge in [0.2, 0.25) is 17.7 Å². The summed E-state index contributed by atoms with van der Waals surface area (Å²) >= 11 is 0. The average Bonchev–Trinajstić information content (AvgIpc) is 2.55. The monoisotopic (exact) mass is 321 g/mol. The summed E-state index contributed by atoms with van der Waals surface area (Å²) in [5, 5.41) is 2.99. The SMILES string of the molecule is C=CC(=O)N(C)CC(=O)NC1CCC(N2CCCCC2=O)CC1. The number of carbonyl (C=O) groups is 3. The van der Waals surface area contributed by atoms with Crippen LogP contribution in [0.15, 0.2) is 12.7 Å². The van der Waals surface area contributed by atoms with E-state index in [0.29, 0.717) is 12.5 Å². The van der Waals surface area contributed by atoms with Crippen molar-refractivity contribution in [1.29, 1.82) is 0 Å². The molecule has 1 saturated heterocycles. The number of carbonyl (C=O) groups excluding carboxylic acids is 3. The van der Waals surface area contributed by atoms with Gasteiger partial charge in [-0.3, -0.25) is 14.4 Å². The van der Waals surface area contributed by atoms with Crippen molar-refractivity contribution in [2.24, 2.45) is 0 Å². The Hall–Kier alpha value is -1.85. The van der Waals surface area contributed by atoms with E-state index in [1.807, 2.05) is 4.90 Å². The molecule has 23 heavy (non-hydrogen) atoms. The summed E-state index contributed by atoms with van der Waals surface area (Å²) in [6.45, 7) is 4.34. The quantitative estimate of drug-likeness (QED) is 0.770. The Morgan fingerprint density at radius 3 is 2.61 bits per heavy atom. The highest BCUT2D eigenvalue weighted by molar-refractivity contribution is 5.90. The largest absolute Gasteiger partial charge is 0.352 e. The van der Waals surface area contributed by atoms with Gasteiger partial charge in [0.15, 0.2) is 0 Å². The third-order valence-electron chi connectivity index (χ3n) is 4.79. The molecule has 1 saturated carbocycles. The van der Waals surface area contributed by atoms with Crippen molar-refractivity contribution in [2.75, 3.05) is 20.1 Å². The summed E-state index contributed by atoms with van der Waals surface area (Å²) < 4.78 is 0. The predicted octanol–water partition coefficient (Wildman–Crippen LogP) is 1.07. The first-order chi connectivity index (χ1) is 11.0. The van der Waals surface area contributed by atoms with Gasteiger partial charge in [-0.05, 0) is 44.6 Å². The van der Waals surface area contributed by atoms with Crippen LogP contribution in [0, 0.1) is 0 Å². The Bertz CT molecular complexity index is 470. The Morgan fingerprint density at radius 2 is 2.00 bits per heavy atom. The van der Waals surface area contributed by atoms with E-state index in [2.05, 4.69) is 11.9 Å². The molecule has 0 spiro atoms. The van der Waals surface area contributed by atoms with Gasteiger partial charge in [0.25, 0.3) is 0 Å². The van der Waals surface area contributed by atoms with Gasteiger partial charge in [-0.1, -0.05) is 6.58 Å². The normalized spacial score (nSPS) is 24.9. The lowest BCUT2D eigenvalue weighted by Gasteiger charge is -2.39. The van der Waals surface area contributed by atoms with Crippen LogP contribution in [0.25, 0.3) is 0 Å². The summed E-state index contributed by atoms with van der Waals surface area (Å²) in [5.41, 5.74) is 0. The second-order valence-corrected chi connectivity index (χ2v) is 6.52. The zero-order valence-corrected chi connectivity index (χ0v) is 13.9. The number of likely N-dealkylation sites (tertiary alicyclic amines) is 1.